The number of aliphatic hydroxyl groups excluding tert-OH is 1. The third-order valence-corrected chi connectivity index (χ3v) is 4.43. The van der Waals surface area contributed by atoms with Crippen molar-refractivity contribution < 1.29 is 9.84 Å². The van der Waals surface area contributed by atoms with Gasteiger partial charge in [-0.25, -0.2) is 0 Å². The summed E-state index contributed by atoms with van der Waals surface area (Å²) in [6.45, 7) is 2.01. The fraction of sp³-hybridized carbons (Fsp3) is 0.130. The molecule has 0 saturated carbocycles. The molecule has 0 aromatic heterocycles. The van der Waals surface area contributed by atoms with Gasteiger partial charge in [0.1, 0.15) is 12.4 Å². The van der Waals surface area contributed by atoms with Gasteiger partial charge < -0.3 is 9.84 Å². The quantitative estimate of drug-likeness (QED) is 0.542. The molecule has 2 nitrogen and oxygen atoms in total. The molecule has 1 atom stereocenters. The Morgan fingerprint density at radius 3 is 2.16 bits per heavy atom. The van der Waals surface area contributed by atoms with Crippen LogP contribution in [0.25, 0.3) is 32.7 Å². The normalized spacial score (nSPS) is 12.4. The standard InChI is InChI=1S/C23H20O2/c1-16(24)15-25-22-14-13-18-8-3-5-11-20(18)23(22)21-12-6-9-17-7-2-4-10-19(17)21/h2-14,16,24H,15H2,1H3. The van der Waals surface area contributed by atoms with Crippen molar-refractivity contribution in [2.75, 3.05) is 6.61 Å². The molecule has 0 aliphatic rings. The van der Waals surface area contributed by atoms with Crippen LogP contribution in [0.3, 0.4) is 0 Å². The minimum Gasteiger partial charge on any atom is -0.490 e. The first-order valence-electron chi connectivity index (χ1n) is 8.55. The van der Waals surface area contributed by atoms with E-state index >= 15 is 0 Å². The number of hydrogen-bond donors (Lipinski definition) is 1. The molecule has 0 aliphatic heterocycles. The van der Waals surface area contributed by atoms with Gasteiger partial charge in [-0.1, -0.05) is 72.8 Å². The van der Waals surface area contributed by atoms with Crippen molar-refractivity contribution in [3.63, 3.8) is 0 Å². The van der Waals surface area contributed by atoms with E-state index in [9.17, 15) is 5.11 Å². The van der Waals surface area contributed by atoms with Crippen LogP contribution in [0.2, 0.25) is 0 Å². The van der Waals surface area contributed by atoms with Crippen molar-refractivity contribution in [2.24, 2.45) is 0 Å². The molecule has 0 fully saturated rings. The molecule has 0 heterocycles. The molecule has 1 N–H and O–H groups in total. The van der Waals surface area contributed by atoms with Gasteiger partial charge in [0.15, 0.2) is 0 Å². The number of ether oxygens (including phenoxy) is 1. The summed E-state index contributed by atoms with van der Waals surface area (Å²) in [6, 6.07) is 27.1. The van der Waals surface area contributed by atoms with E-state index in [0.29, 0.717) is 0 Å². The molecule has 0 aliphatic carbocycles. The van der Waals surface area contributed by atoms with E-state index in [0.717, 1.165) is 22.3 Å². The van der Waals surface area contributed by atoms with Crippen LogP contribution in [-0.4, -0.2) is 17.8 Å². The summed E-state index contributed by atoms with van der Waals surface area (Å²) < 4.78 is 5.96. The van der Waals surface area contributed by atoms with Gasteiger partial charge in [-0.15, -0.1) is 0 Å². The first-order chi connectivity index (χ1) is 12.2. The van der Waals surface area contributed by atoms with Crippen molar-refractivity contribution in [2.45, 2.75) is 13.0 Å². The van der Waals surface area contributed by atoms with Gasteiger partial charge in [-0.3, -0.25) is 0 Å². The van der Waals surface area contributed by atoms with Gasteiger partial charge in [0, 0.05) is 5.56 Å². The highest BCUT2D eigenvalue weighted by Gasteiger charge is 2.14. The van der Waals surface area contributed by atoms with Crippen LogP contribution < -0.4 is 4.74 Å². The molecule has 2 heteroatoms. The van der Waals surface area contributed by atoms with E-state index in [-0.39, 0.29) is 6.61 Å². The summed E-state index contributed by atoms with van der Waals surface area (Å²) in [5.74, 6) is 0.802. The Morgan fingerprint density at radius 1 is 0.760 bits per heavy atom. The number of hydrogen-bond acceptors (Lipinski definition) is 2. The Kier molecular flexibility index (Phi) is 4.12. The summed E-state index contributed by atoms with van der Waals surface area (Å²) >= 11 is 0. The Hall–Kier alpha value is -2.84. The second kappa shape index (κ2) is 6.58. The lowest BCUT2D eigenvalue weighted by Gasteiger charge is -2.17. The zero-order valence-electron chi connectivity index (χ0n) is 14.1. The van der Waals surface area contributed by atoms with Gasteiger partial charge in [0.05, 0.1) is 6.10 Å². The van der Waals surface area contributed by atoms with E-state index in [1.165, 1.54) is 16.2 Å². The lowest BCUT2D eigenvalue weighted by atomic mass is 9.93. The smallest absolute Gasteiger partial charge is 0.127 e. The molecule has 0 spiro atoms. The highest BCUT2D eigenvalue weighted by molar-refractivity contribution is 6.07. The molecular formula is C23H20O2. The molecule has 124 valence electrons. The average molecular weight is 328 g/mol. The molecule has 4 rings (SSSR count). The van der Waals surface area contributed by atoms with Crippen molar-refractivity contribution in [1.82, 2.24) is 0 Å². The predicted octanol–water partition coefficient (Wildman–Crippen LogP) is 5.42. The Bertz CT molecular complexity index is 1030. The Balaban J connectivity index is 2.02. The molecule has 0 radical (unpaired) electrons. The van der Waals surface area contributed by atoms with Crippen molar-refractivity contribution in [1.29, 1.82) is 0 Å². The third-order valence-electron chi connectivity index (χ3n) is 4.43. The van der Waals surface area contributed by atoms with E-state index in [2.05, 4.69) is 66.7 Å². The van der Waals surface area contributed by atoms with Crippen LogP contribution in [0.4, 0.5) is 0 Å². The van der Waals surface area contributed by atoms with Gasteiger partial charge in [0.2, 0.25) is 0 Å². The zero-order chi connectivity index (χ0) is 17.2. The number of fused-ring (bicyclic) bond motifs is 2. The highest BCUT2D eigenvalue weighted by Crippen LogP contribution is 2.40. The van der Waals surface area contributed by atoms with Crippen LogP contribution in [0.1, 0.15) is 6.92 Å². The van der Waals surface area contributed by atoms with Crippen LogP contribution in [0, 0.1) is 0 Å². The van der Waals surface area contributed by atoms with Crippen molar-refractivity contribution in [3.8, 4) is 16.9 Å². The highest BCUT2D eigenvalue weighted by atomic mass is 16.5. The van der Waals surface area contributed by atoms with Crippen LogP contribution in [-0.2, 0) is 0 Å². The van der Waals surface area contributed by atoms with Gasteiger partial charge in [-0.05, 0) is 40.1 Å². The fourth-order valence-electron chi connectivity index (χ4n) is 3.30. The number of aliphatic hydroxyl groups is 1. The molecule has 0 saturated heterocycles. The minimum absolute atomic E-state index is 0.274. The summed E-state index contributed by atoms with van der Waals surface area (Å²) in [7, 11) is 0. The van der Waals surface area contributed by atoms with Gasteiger partial charge >= 0.3 is 0 Å². The van der Waals surface area contributed by atoms with Crippen molar-refractivity contribution >= 4 is 21.5 Å². The molecule has 0 amide bonds. The Labute approximate surface area is 147 Å². The maximum absolute atomic E-state index is 9.64. The van der Waals surface area contributed by atoms with Gasteiger partial charge in [0.25, 0.3) is 0 Å². The van der Waals surface area contributed by atoms with Crippen LogP contribution >= 0.6 is 0 Å². The largest absolute Gasteiger partial charge is 0.490 e. The molecule has 0 bridgehead atoms. The molecule has 1 unspecified atom stereocenters. The maximum atomic E-state index is 9.64. The van der Waals surface area contributed by atoms with Crippen LogP contribution in [0.5, 0.6) is 5.75 Å². The number of rotatable bonds is 4. The summed E-state index contributed by atoms with van der Waals surface area (Å²) in [5, 5.41) is 14.4. The topological polar surface area (TPSA) is 29.5 Å². The van der Waals surface area contributed by atoms with E-state index in [4.69, 9.17) is 4.74 Å². The molecular weight excluding hydrogens is 308 g/mol. The van der Waals surface area contributed by atoms with Gasteiger partial charge in [-0.2, -0.15) is 0 Å². The third kappa shape index (κ3) is 2.97. The first-order valence-corrected chi connectivity index (χ1v) is 8.55. The lowest BCUT2D eigenvalue weighted by Crippen LogP contribution is -2.13. The monoisotopic (exact) mass is 328 g/mol. The summed E-state index contributed by atoms with van der Waals surface area (Å²) in [4.78, 5) is 0. The zero-order valence-corrected chi connectivity index (χ0v) is 14.1. The second-order valence-corrected chi connectivity index (χ2v) is 6.35. The average Bonchev–Trinajstić information content (AvgIpc) is 2.65. The minimum atomic E-state index is -0.508. The fourth-order valence-corrected chi connectivity index (χ4v) is 3.30. The maximum Gasteiger partial charge on any atom is 0.127 e. The SMILES string of the molecule is CC(O)COc1ccc2ccccc2c1-c1cccc2ccccc12. The molecule has 25 heavy (non-hydrogen) atoms. The first kappa shape index (κ1) is 15.7. The Morgan fingerprint density at radius 2 is 1.40 bits per heavy atom. The summed E-state index contributed by atoms with van der Waals surface area (Å²) in [5.41, 5.74) is 2.23. The van der Waals surface area contributed by atoms with E-state index in [1.54, 1.807) is 6.92 Å². The second-order valence-electron chi connectivity index (χ2n) is 6.35. The van der Waals surface area contributed by atoms with Crippen molar-refractivity contribution in [3.05, 3.63) is 78.9 Å². The van der Waals surface area contributed by atoms with Crippen LogP contribution in [0.15, 0.2) is 78.9 Å². The predicted molar refractivity (Wildman–Crippen MR) is 104 cm³/mol. The number of benzene rings is 4. The van der Waals surface area contributed by atoms with E-state index < -0.39 is 6.10 Å². The molecule has 4 aromatic rings. The van der Waals surface area contributed by atoms with E-state index in [1.807, 2.05) is 12.1 Å². The lowest BCUT2D eigenvalue weighted by molar-refractivity contribution is 0.123. The molecule has 4 aromatic carbocycles. The summed E-state index contributed by atoms with van der Waals surface area (Å²) in [6.07, 6.45) is -0.508.